The van der Waals surface area contributed by atoms with Gasteiger partial charge in [-0.3, -0.25) is 14.2 Å². The topological polar surface area (TPSA) is 73.2 Å². The third kappa shape index (κ3) is 5.05. The lowest BCUT2D eigenvalue weighted by Crippen LogP contribution is -2.31. The summed E-state index contributed by atoms with van der Waals surface area (Å²) in [5.74, 6) is 0.0283. The maximum Gasteiger partial charge on any atom is 0.416 e. The van der Waals surface area contributed by atoms with Gasteiger partial charge in [-0.25, -0.2) is 4.98 Å². The van der Waals surface area contributed by atoms with Crippen LogP contribution in [-0.2, 0) is 12.7 Å². The fraction of sp³-hybridized carbons (Fsp3) is 0.190. The number of amides is 1. The molecule has 3 aromatic rings. The lowest BCUT2D eigenvalue weighted by atomic mass is 10.1. The molecule has 2 aromatic carbocycles. The van der Waals surface area contributed by atoms with Gasteiger partial charge in [0.05, 0.1) is 24.7 Å². The molecule has 0 aliphatic rings. The SMILES string of the molecule is COc1ccc(-c2cc(=O)n(CCNC(=O)c3cccc(C(F)(F)F)c3)cn2)cc1. The van der Waals surface area contributed by atoms with Crippen molar-refractivity contribution in [3.05, 3.63) is 82.4 Å². The van der Waals surface area contributed by atoms with E-state index >= 15 is 0 Å². The van der Waals surface area contributed by atoms with Crippen LogP contribution in [0.15, 0.2) is 65.7 Å². The van der Waals surface area contributed by atoms with E-state index in [-0.39, 0.29) is 24.2 Å². The number of benzene rings is 2. The predicted octanol–water partition coefficient (Wildman–Crippen LogP) is 3.37. The second-order valence-electron chi connectivity index (χ2n) is 6.37. The van der Waals surface area contributed by atoms with E-state index in [1.54, 1.807) is 31.4 Å². The Labute approximate surface area is 170 Å². The first-order chi connectivity index (χ1) is 14.3. The normalized spacial score (nSPS) is 11.2. The summed E-state index contributed by atoms with van der Waals surface area (Å²) in [6.45, 7) is 0.179. The molecule has 0 fully saturated rings. The van der Waals surface area contributed by atoms with Crippen LogP contribution in [0.1, 0.15) is 15.9 Å². The van der Waals surface area contributed by atoms with Crippen molar-refractivity contribution < 1.29 is 22.7 Å². The van der Waals surface area contributed by atoms with Crippen LogP contribution >= 0.6 is 0 Å². The molecule has 9 heteroatoms. The van der Waals surface area contributed by atoms with Gasteiger partial charge in [0.25, 0.3) is 11.5 Å². The molecule has 0 spiro atoms. The van der Waals surface area contributed by atoms with E-state index in [4.69, 9.17) is 4.74 Å². The molecule has 0 aliphatic carbocycles. The summed E-state index contributed by atoms with van der Waals surface area (Å²) in [4.78, 5) is 28.6. The van der Waals surface area contributed by atoms with Gasteiger partial charge in [-0.1, -0.05) is 6.07 Å². The molecule has 1 heterocycles. The number of carbonyl (C=O) groups excluding carboxylic acids is 1. The predicted molar refractivity (Wildman–Crippen MR) is 104 cm³/mol. The number of halogens is 3. The summed E-state index contributed by atoms with van der Waals surface area (Å²) in [6, 6.07) is 12.6. The largest absolute Gasteiger partial charge is 0.497 e. The first-order valence-corrected chi connectivity index (χ1v) is 8.94. The Morgan fingerprint density at radius 2 is 1.87 bits per heavy atom. The number of alkyl halides is 3. The number of hydrogen-bond acceptors (Lipinski definition) is 4. The number of aromatic nitrogens is 2. The summed E-state index contributed by atoms with van der Waals surface area (Å²) >= 11 is 0. The van der Waals surface area contributed by atoms with E-state index in [2.05, 4.69) is 10.3 Å². The van der Waals surface area contributed by atoms with Crippen LogP contribution in [-0.4, -0.2) is 29.1 Å². The number of carbonyl (C=O) groups is 1. The zero-order valence-electron chi connectivity index (χ0n) is 15.9. The Morgan fingerprint density at radius 1 is 1.13 bits per heavy atom. The van der Waals surface area contributed by atoms with Crippen LogP contribution in [0.5, 0.6) is 5.75 Å². The Hall–Kier alpha value is -3.62. The second kappa shape index (κ2) is 8.81. The van der Waals surface area contributed by atoms with Gasteiger partial charge in [0.15, 0.2) is 0 Å². The van der Waals surface area contributed by atoms with Gasteiger partial charge in [-0.15, -0.1) is 0 Å². The third-order valence-electron chi connectivity index (χ3n) is 4.36. The summed E-state index contributed by atoms with van der Waals surface area (Å²) in [6.07, 6.45) is -3.17. The van der Waals surface area contributed by atoms with E-state index in [9.17, 15) is 22.8 Å². The molecule has 0 bridgehead atoms. The van der Waals surface area contributed by atoms with Crippen molar-refractivity contribution in [2.24, 2.45) is 0 Å². The van der Waals surface area contributed by atoms with Gasteiger partial charge in [-0.2, -0.15) is 13.2 Å². The van der Waals surface area contributed by atoms with Crippen molar-refractivity contribution >= 4 is 5.91 Å². The fourth-order valence-electron chi connectivity index (χ4n) is 2.74. The standard InChI is InChI=1S/C21H18F3N3O3/c1-30-17-7-5-14(6-8-17)18-12-19(28)27(13-26-18)10-9-25-20(29)15-3-2-4-16(11-15)21(22,23)24/h2-8,11-13H,9-10H2,1H3,(H,25,29). The molecule has 6 nitrogen and oxygen atoms in total. The lowest BCUT2D eigenvalue weighted by molar-refractivity contribution is -0.137. The maximum atomic E-state index is 12.8. The molecule has 3 rings (SSSR count). The Balaban J connectivity index is 1.62. The number of rotatable bonds is 6. The summed E-state index contributed by atoms with van der Waals surface area (Å²) < 4.78 is 44.7. The van der Waals surface area contributed by atoms with Crippen molar-refractivity contribution in [1.82, 2.24) is 14.9 Å². The summed E-state index contributed by atoms with van der Waals surface area (Å²) in [5, 5.41) is 2.50. The molecule has 0 unspecified atom stereocenters. The zero-order valence-corrected chi connectivity index (χ0v) is 15.9. The molecule has 1 amide bonds. The van der Waals surface area contributed by atoms with E-state index in [1.165, 1.54) is 29.1 Å². The third-order valence-corrected chi connectivity index (χ3v) is 4.36. The van der Waals surface area contributed by atoms with Gasteiger partial charge in [0.1, 0.15) is 5.75 Å². The number of ether oxygens (including phenoxy) is 1. The molecular weight excluding hydrogens is 399 g/mol. The molecule has 30 heavy (non-hydrogen) atoms. The maximum absolute atomic E-state index is 12.8. The first kappa shape index (κ1) is 21.1. The number of nitrogens with one attached hydrogen (secondary N) is 1. The fourth-order valence-corrected chi connectivity index (χ4v) is 2.74. The van der Waals surface area contributed by atoms with Crippen molar-refractivity contribution in [2.75, 3.05) is 13.7 Å². The Morgan fingerprint density at radius 3 is 2.50 bits per heavy atom. The minimum absolute atomic E-state index is 0.0541. The Kier molecular flexibility index (Phi) is 6.20. The minimum atomic E-state index is -4.53. The van der Waals surface area contributed by atoms with Gasteiger partial charge >= 0.3 is 6.18 Å². The summed E-state index contributed by atoms with van der Waals surface area (Å²) in [7, 11) is 1.56. The molecule has 1 N–H and O–H groups in total. The van der Waals surface area contributed by atoms with Gasteiger partial charge in [0, 0.05) is 30.3 Å². The highest BCUT2D eigenvalue weighted by atomic mass is 19.4. The second-order valence-corrected chi connectivity index (χ2v) is 6.37. The molecule has 0 saturated heterocycles. The zero-order chi connectivity index (χ0) is 21.7. The van der Waals surface area contributed by atoms with Crippen molar-refractivity contribution in [3.8, 4) is 17.0 Å². The highest BCUT2D eigenvalue weighted by molar-refractivity contribution is 5.94. The average Bonchev–Trinajstić information content (AvgIpc) is 2.74. The van der Waals surface area contributed by atoms with Gasteiger partial charge in [0.2, 0.25) is 0 Å². The molecule has 156 valence electrons. The quantitative estimate of drug-likeness (QED) is 0.668. The van der Waals surface area contributed by atoms with Crippen LogP contribution in [0.4, 0.5) is 13.2 Å². The Bertz CT molecular complexity index is 1090. The van der Waals surface area contributed by atoms with Crippen LogP contribution < -0.4 is 15.6 Å². The molecular formula is C21H18F3N3O3. The average molecular weight is 417 g/mol. The molecule has 0 aliphatic heterocycles. The highest BCUT2D eigenvalue weighted by Gasteiger charge is 2.30. The van der Waals surface area contributed by atoms with E-state index in [0.29, 0.717) is 11.4 Å². The number of hydrogen-bond donors (Lipinski definition) is 1. The van der Waals surface area contributed by atoms with Crippen LogP contribution in [0, 0.1) is 0 Å². The number of nitrogens with zero attached hydrogens (tertiary/aromatic N) is 2. The van der Waals surface area contributed by atoms with E-state index < -0.39 is 17.6 Å². The van der Waals surface area contributed by atoms with Crippen LogP contribution in [0.3, 0.4) is 0 Å². The number of methoxy groups -OCH3 is 1. The van der Waals surface area contributed by atoms with Gasteiger partial charge < -0.3 is 10.1 Å². The van der Waals surface area contributed by atoms with Crippen molar-refractivity contribution in [2.45, 2.75) is 12.7 Å². The molecule has 0 radical (unpaired) electrons. The van der Waals surface area contributed by atoms with Gasteiger partial charge in [-0.05, 0) is 42.5 Å². The smallest absolute Gasteiger partial charge is 0.416 e. The molecule has 1 aromatic heterocycles. The van der Waals surface area contributed by atoms with Crippen molar-refractivity contribution in [1.29, 1.82) is 0 Å². The molecule has 0 atom stereocenters. The van der Waals surface area contributed by atoms with Crippen LogP contribution in [0.25, 0.3) is 11.3 Å². The monoisotopic (exact) mass is 417 g/mol. The van der Waals surface area contributed by atoms with Crippen LogP contribution in [0.2, 0.25) is 0 Å². The van der Waals surface area contributed by atoms with Crippen molar-refractivity contribution in [3.63, 3.8) is 0 Å². The van der Waals surface area contributed by atoms with E-state index in [0.717, 1.165) is 17.7 Å². The highest BCUT2D eigenvalue weighted by Crippen LogP contribution is 2.29. The minimum Gasteiger partial charge on any atom is -0.497 e. The lowest BCUT2D eigenvalue weighted by Gasteiger charge is -2.10. The summed E-state index contributed by atoms with van der Waals surface area (Å²) in [5.41, 5.74) is -0.0798. The molecule has 0 saturated carbocycles. The van der Waals surface area contributed by atoms with E-state index in [1.807, 2.05) is 0 Å². The first-order valence-electron chi connectivity index (χ1n) is 8.94.